The standard InChI is InChI=1S/C10H12ClNO2S2/c11-10-8(2-1-3-9(10)15)12-16(13)6-4-14-5-7-16/h1-3,15H,4-7H2. The monoisotopic (exact) mass is 277 g/mol. The van der Waals surface area contributed by atoms with Gasteiger partial charge in [0, 0.05) is 4.90 Å². The van der Waals surface area contributed by atoms with Crippen molar-refractivity contribution in [2.75, 3.05) is 24.7 Å². The fourth-order valence-electron chi connectivity index (χ4n) is 1.43. The maximum absolute atomic E-state index is 12.3. The van der Waals surface area contributed by atoms with Crippen LogP contribution in [0.4, 0.5) is 5.69 Å². The van der Waals surface area contributed by atoms with E-state index in [1.165, 1.54) is 0 Å². The Kier molecular flexibility index (Phi) is 3.79. The maximum atomic E-state index is 12.3. The summed E-state index contributed by atoms with van der Waals surface area (Å²) < 4.78 is 21.8. The number of hydrogen-bond donors (Lipinski definition) is 1. The second kappa shape index (κ2) is 4.96. The smallest absolute Gasteiger partial charge is 0.0927 e. The number of benzene rings is 1. The minimum atomic E-state index is -2.20. The predicted octanol–water partition coefficient (Wildman–Crippen LogP) is 2.76. The molecule has 0 aliphatic carbocycles. The zero-order valence-corrected chi connectivity index (χ0v) is 11.0. The minimum Gasteiger partial charge on any atom is -0.379 e. The second-order valence-corrected chi connectivity index (χ2v) is 6.90. The molecule has 1 aromatic rings. The normalized spacial score (nSPS) is 19.4. The van der Waals surface area contributed by atoms with Crippen molar-refractivity contribution in [3.8, 4) is 0 Å². The molecule has 3 nitrogen and oxygen atoms in total. The van der Waals surface area contributed by atoms with Crippen LogP contribution in [0, 0.1) is 0 Å². The van der Waals surface area contributed by atoms with Crippen LogP contribution in [0.5, 0.6) is 0 Å². The van der Waals surface area contributed by atoms with Crippen LogP contribution in [-0.4, -0.2) is 28.9 Å². The highest BCUT2D eigenvalue weighted by atomic mass is 35.5. The van der Waals surface area contributed by atoms with Crippen molar-refractivity contribution in [1.29, 1.82) is 0 Å². The molecule has 1 aliphatic rings. The summed E-state index contributed by atoms with van der Waals surface area (Å²) in [5.41, 5.74) is 0.557. The Morgan fingerprint density at radius 1 is 1.38 bits per heavy atom. The first kappa shape index (κ1) is 12.2. The predicted molar refractivity (Wildman–Crippen MR) is 69.5 cm³/mol. The molecule has 0 unspecified atom stereocenters. The van der Waals surface area contributed by atoms with E-state index < -0.39 is 9.73 Å². The van der Waals surface area contributed by atoms with Gasteiger partial charge < -0.3 is 4.74 Å². The lowest BCUT2D eigenvalue weighted by atomic mass is 10.3. The molecule has 1 heterocycles. The Morgan fingerprint density at radius 2 is 2.06 bits per heavy atom. The van der Waals surface area contributed by atoms with Gasteiger partial charge in [-0.3, -0.25) is 0 Å². The molecular weight excluding hydrogens is 266 g/mol. The Morgan fingerprint density at radius 3 is 2.75 bits per heavy atom. The fraction of sp³-hybridized carbons (Fsp3) is 0.400. The van der Waals surface area contributed by atoms with Crippen molar-refractivity contribution < 1.29 is 8.95 Å². The van der Waals surface area contributed by atoms with Gasteiger partial charge in [-0.05, 0) is 12.1 Å². The highest BCUT2D eigenvalue weighted by Gasteiger charge is 2.15. The molecular formula is C10H12ClNO2S2. The zero-order chi connectivity index (χ0) is 11.6. The third kappa shape index (κ3) is 2.71. The van der Waals surface area contributed by atoms with Gasteiger partial charge in [0.1, 0.15) is 0 Å². The van der Waals surface area contributed by atoms with Gasteiger partial charge in [0.25, 0.3) is 0 Å². The largest absolute Gasteiger partial charge is 0.379 e. The summed E-state index contributed by atoms with van der Waals surface area (Å²) in [6, 6.07) is 5.33. The molecule has 0 N–H and O–H groups in total. The summed E-state index contributed by atoms with van der Waals surface area (Å²) in [5.74, 6) is 0.945. The van der Waals surface area contributed by atoms with E-state index in [9.17, 15) is 4.21 Å². The highest BCUT2D eigenvalue weighted by molar-refractivity contribution is 7.93. The Balaban J connectivity index is 2.42. The average molecular weight is 278 g/mol. The van der Waals surface area contributed by atoms with E-state index in [0.29, 0.717) is 40.3 Å². The third-order valence-electron chi connectivity index (χ3n) is 2.32. The van der Waals surface area contributed by atoms with Gasteiger partial charge in [-0.15, -0.1) is 12.6 Å². The minimum absolute atomic E-state index is 0.458. The highest BCUT2D eigenvalue weighted by Crippen LogP contribution is 2.31. The van der Waals surface area contributed by atoms with E-state index in [4.69, 9.17) is 16.3 Å². The molecule has 0 saturated carbocycles. The topological polar surface area (TPSA) is 38.7 Å². The molecule has 1 aromatic carbocycles. The number of rotatable bonds is 1. The second-order valence-electron chi connectivity index (χ2n) is 3.49. The summed E-state index contributed by atoms with van der Waals surface area (Å²) in [7, 11) is -2.20. The van der Waals surface area contributed by atoms with Gasteiger partial charge in [-0.25, -0.2) is 4.21 Å². The van der Waals surface area contributed by atoms with Crippen LogP contribution >= 0.6 is 24.2 Å². The number of ether oxygens (including phenoxy) is 1. The summed E-state index contributed by atoms with van der Waals surface area (Å²) in [5, 5.41) is 0.458. The van der Waals surface area contributed by atoms with E-state index >= 15 is 0 Å². The first-order valence-electron chi connectivity index (χ1n) is 4.88. The lowest BCUT2D eigenvalue weighted by Gasteiger charge is -2.16. The van der Waals surface area contributed by atoms with E-state index in [1.54, 1.807) is 18.2 Å². The molecule has 1 fully saturated rings. The molecule has 0 atom stereocenters. The quantitative estimate of drug-likeness (QED) is 0.802. The number of nitrogens with zero attached hydrogens (tertiary/aromatic N) is 1. The summed E-state index contributed by atoms with van der Waals surface area (Å²) >= 11 is 10.3. The molecule has 16 heavy (non-hydrogen) atoms. The average Bonchev–Trinajstić information content (AvgIpc) is 2.26. The summed E-state index contributed by atoms with van der Waals surface area (Å²) in [6.45, 7) is 1.00. The lowest BCUT2D eigenvalue weighted by molar-refractivity contribution is 0.158. The van der Waals surface area contributed by atoms with Crippen molar-refractivity contribution in [2.45, 2.75) is 4.90 Å². The van der Waals surface area contributed by atoms with Crippen LogP contribution in [0.3, 0.4) is 0 Å². The fourth-order valence-corrected chi connectivity index (χ4v) is 3.50. The van der Waals surface area contributed by atoms with Gasteiger partial charge in [-0.1, -0.05) is 17.7 Å². The Hall–Kier alpha value is -0.230. The van der Waals surface area contributed by atoms with Crippen LogP contribution in [0.25, 0.3) is 0 Å². The van der Waals surface area contributed by atoms with Gasteiger partial charge in [-0.2, -0.15) is 4.36 Å². The Bertz CT molecular complexity index is 498. The van der Waals surface area contributed by atoms with Crippen LogP contribution in [0.1, 0.15) is 0 Å². The van der Waals surface area contributed by atoms with Gasteiger partial charge in [0.2, 0.25) is 0 Å². The number of halogens is 1. The molecule has 0 aromatic heterocycles. The SMILES string of the molecule is O=S1(=Nc2cccc(S)c2Cl)CCOCC1. The third-order valence-corrected chi connectivity index (χ3v) is 5.36. The van der Waals surface area contributed by atoms with E-state index in [1.807, 2.05) is 0 Å². The van der Waals surface area contributed by atoms with Crippen LogP contribution in [-0.2, 0) is 14.5 Å². The van der Waals surface area contributed by atoms with Gasteiger partial charge in [0.15, 0.2) is 0 Å². The lowest BCUT2D eigenvalue weighted by Crippen LogP contribution is -2.25. The van der Waals surface area contributed by atoms with Crippen molar-refractivity contribution in [3.63, 3.8) is 0 Å². The molecule has 0 radical (unpaired) electrons. The molecule has 0 spiro atoms. The van der Waals surface area contributed by atoms with Gasteiger partial charge in [0.05, 0.1) is 45.2 Å². The number of hydrogen-bond acceptors (Lipinski definition) is 4. The van der Waals surface area contributed by atoms with E-state index in [2.05, 4.69) is 17.0 Å². The van der Waals surface area contributed by atoms with E-state index in [-0.39, 0.29) is 0 Å². The number of thiol groups is 1. The van der Waals surface area contributed by atoms with Crippen LogP contribution in [0.2, 0.25) is 5.02 Å². The van der Waals surface area contributed by atoms with Gasteiger partial charge >= 0.3 is 0 Å². The van der Waals surface area contributed by atoms with Crippen molar-refractivity contribution >= 4 is 39.6 Å². The molecule has 88 valence electrons. The first-order valence-corrected chi connectivity index (χ1v) is 7.56. The molecule has 0 bridgehead atoms. The molecule has 6 heteroatoms. The maximum Gasteiger partial charge on any atom is 0.0927 e. The van der Waals surface area contributed by atoms with Crippen molar-refractivity contribution in [3.05, 3.63) is 23.2 Å². The van der Waals surface area contributed by atoms with E-state index in [0.717, 1.165) is 0 Å². The van der Waals surface area contributed by atoms with Crippen molar-refractivity contribution in [1.82, 2.24) is 0 Å². The molecule has 2 rings (SSSR count). The van der Waals surface area contributed by atoms with Crippen LogP contribution in [0.15, 0.2) is 27.5 Å². The van der Waals surface area contributed by atoms with Crippen LogP contribution < -0.4 is 0 Å². The zero-order valence-electron chi connectivity index (χ0n) is 8.56. The van der Waals surface area contributed by atoms with Crippen molar-refractivity contribution in [2.24, 2.45) is 4.36 Å². The molecule has 1 aliphatic heterocycles. The first-order chi connectivity index (χ1) is 7.61. The molecule has 0 amide bonds. The molecule has 1 saturated heterocycles. The summed E-state index contributed by atoms with van der Waals surface area (Å²) in [6.07, 6.45) is 0. The summed E-state index contributed by atoms with van der Waals surface area (Å²) in [4.78, 5) is 0.651. The Labute approximate surface area is 106 Å².